The molecule has 3 aliphatic rings. The second kappa shape index (κ2) is 8.88. The van der Waals surface area contributed by atoms with Gasteiger partial charge >= 0.3 is 0 Å². The number of carbonyl (C=O) groups excluding carboxylic acids is 3. The summed E-state index contributed by atoms with van der Waals surface area (Å²) in [5.74, 6) is -2.61. The molecule has 1 fully saturated rings. The Balaban J connectivity index is 1.55. The maximum atomic E-state index is 14.4. The summed E-state index contributed by atoms with van der Waals surface area (Å²) in [6, 6.07) is 16.0. The molecule has 0 radical (unpaired) electrons. The zero-order valence-corrected chi connectivity index (χ0v) is 20.6. The van der Waals surface area contributed by atoms with E-state index in [-0.39, 0.29) is 24.0 Å². The lowest BCUT2D eigenvalue weighted by Gasteiger charge is -2.36. The summed E-state index contributed by atoms with van der Waals surface area (Å²) in [6.07, 6.45) is 2.89. The lowest BCUT2D eigenvalue weighted by molar-refractivity contribution is -0.141. The molecule has 4 heterocycles. The van der Waals surface area contributed by atoms with Crippen molar-refractivity contribution in [3.05, 3.63) is 77.3 Å². The number of hydrogen-bond acceptors (Lipinski definition) is 6. The van der Waals surface area contributed by atoms with Crippen LogP contribution in [0.3, 0.4) is 0 Å². The van der Waals surface area contributed by atoms with Gasteiger partial charge in [0.15, 0.2) is 17.1 Å². The lowest BCUT2D eigenvalue weighted by Crippen LogP contribution is -2.55. The number of carbonyl (C=O) groups is 3. The highest BCUT2D eigenvalue weighted by atomic mass is 16.5. The van der Waals surface area contributed by atoms with Crippen LogP contribution in [0.2, 0.25) is 0 Å². The van der Waals surface area contributed by atoms with Gasteiger partial charge in [-0.25, -0.2) is 0 Å². The predicted octanol–water partition coefficient (Wildman–Crippen LogP) is 4.49. The van der Waals surface area contributed by atoms with Crippen LogP contribution in [-0.4, -0.2) is 53.4 Å². The number of fused-ring (bicyclic) bond motifs is 3. The molecule has 1 spiro atoms. The van der Waals surface area contributed by atoms with Crippen LogP contribution in [0.5, 0.6) is 0 Å². The minimum Gasteiger partial charge on any atom is -0.503 e. The smallest absolute Gasteiger partial charge is 0.290 e. The highest BCUT2D eigenvalue weighted by Crippen LogP contribution is 2.53. The summed E-state index contributed by atoms with van der Waals surface area (Å²) in [5, 5.41) is 12.0. The summed E-state index contributed by atoms with van der Waals surface area (Å²) in [6.45, 7) is 3.12. The number of nitrogens with zero attached hydrogens (tertiary/aromatic N) is 2. The quantitative estimate of drug-likeness (QED) is 0.480. The van der Waals surface area contributed by atoms with Crippen molar-refractivity contribution < 1.29 is 28.6 Å². The molecular formula is C29H28N2O6. The van der Waals surface area contributed by atoms with Crippen molar-refractivity contribution in [3.63, 3.8) is 0 Å². The molecule has 2 amide bonds. The van der Waals surface area contributed by atoms with Crippen molar-refractivity contribution in [2.24, 2.45) is 0 Å². The third-order valence-corrected chi connectivity index (χ3v) is 7.61. The Hall–Kier alpha value is -3.91. The van der Waals surface area contributed by atoms with Gasteiger partial charge in [0.1, 0.15) is 5.58 Å². The maximum Gasteiger partial charge on any atom is 0.290 e. The predicted molar refractivity (Wildman–Crippen MR) is 136 cm³/mol. The number of unbranched alkanes of at least 4 members (excludes halogenated alkanes) is 1. The van der Waals surface area contributed by atoms with Crippen molar-refractivity contribution >= 4 is 34.3 Å². The normalized spacial score (nSPS) is 23.2. The van der Waals surface area contributed by atoms with Crippen molar-refractivity contribution in [2.75, 3.05) is 24.6 Å². The zero-order valence-electron chi connectivity index (χ0n) is 20.6. The van der Waals surface area contributed by atoms with E-state index in [9.17, 15) is 19.5 Å². The number of rotatable bonds is 7. The SMILES string of the molecule is CCCCN1C(=O)C2(C(C(=O)c3cc4ccccc4o3)=C(O)C(=O)N2CC2CCCO2)c2ccccc21. The van der Waals surface area contributed by atoms with Crippen LogP contribution in [0.4, 0.5) is 5.69 Å². The van der Waals surface area contributed by atoms with E-state index < -0.39 is 28.9 Å². The molecule has 2 unspecified atom stereocenters. The first-order chi connectivity index (χ1) is 18.0. The van der Waals surface area contributed by atoms with Crippen molar-refractivity contribution in [2.45, 2.75) is 44.2 Å². The van der Waals surface area contributed by atoms with Gasteiger partial charge in [0.05, 0.1) is 17.4 Å². The molecule has 1 saturated heterocycles. The molecular weight excluding hydrogens is 472 g/mol. The maximum absolute atomic E-state index is 14.4. The van der Waals surface area contributed by atoms with Crippen LogP contribution >= 0.6 is 0 Å². The van der Waals surface area contributed by atoms with Gasteiger partial charge in [-0.1, -0.05) is 49.7 Å². The van der Waals surface area contributed by atoms with Crippen LogP contribution in [0, 0.1) is 0 Å². The molecule has 190 valence electrons. The Morgan fingerprint density at radius 2 is 1.92 bits per heavy atom. The molecule has 3 aliphatic heterocycles. The number of aliphatic hydroxyl groups is 1. The second-order valence-corrected chi connectivity index (χ2v) is 9.79. The first-order valence-electron chi connectivity index (χ1n) is 12.8. The molecule has 6 rings (SSSR count). The van der Waals surface area contributed by atoms with Gasteiger partial charge in [-0.05, 0) is 37.5 Å². The van der Waals surface area contributed by atoms with E-state index in [1.807, 2.05) is 31.2 Å². The molecule has 0 bridgehead atoms. The molecule has 0 saturated carbocycles. The van der Waals surface area contributed by atoms with Gasteiger partial charge in [-0.3, -0.25) is 14.4 Å². The number of para-hydroxylation sites is 2. The number of amides is 2. The average molecular weight is 501 g/mol. The molecule has 1 N–H and O–H groups in total. The van der Waals surface area contributed by atoms with Crippen LogP contribution < -0.4 is 4.90 Å². The lowest BCUT2D eigenvalue weighted by atomic mass is 9.81. The fourth-order valence-electron chi connectivity index (χ4n) is 5.87. The number of ether oxygens (including phenoxy) is 1. The third kappa shape index (κ3) is 3.35. The molecule has 2 aromatic carbocycles. The highest BCUT2D eigenvalue weighted by Gasteiger charge is 2.66. The monoisotopic (exact) mass is 500 g/mol. The third-order valence-electron chi connectivity index (χ3n) is 7.61. The Morgan fingerprint density at radius 3 is 2.68 bits per heavy atom. The van der Waals surface area contributed by atoms with Gasteiger partial charge in [-0.15, -0.1) is 0 Å². The van der Waals surface area contributed by atoms with E-state index in [1.165, 1.54) is 4.90 Å². The van der Waals surface area contributed by atoms with Gasteiger partial charge < -0.3 is 24.1 Å². The van der Waals surface area contributed by atoms with Gasteiger partial charge in [0.2, 0.25) is 5.78 Å². The number of furan rings is 1. The molecule has 1 aromatic heterocycles. The minimum atomic E-state index is -1.80. The average Bonchev–Trinajstić information content (AvgIpc) is 3.67. The summed E-state index contributed by atoms with van der Waals surface area (Å²) in [7, 11) is 0. The van der Waals surface area contributed by atoms with Crippen LogP contribution in [0.1, 0.15) is 48.7 Å². The Labute approximate surface area is 214 Å². The summed E-state index contributed by atoms with van der Waals surface area (Å²) >= 11 is 0. The van der Waals surface area contributed by atoms with Crippen LogP contribution in [0.15, 0.2) is 70.3 Å². The number of aliphatic hydroxyl groups excluding tert-OH is 1. The molecule has 8 nitrogen and oxygen atoms in total. The highest BCUT2D eigenvalue weighted by molar-refractivity contribution is 6.26. The van der Waals surface area contributed by atoms with E-state index in [1.54, 1.807) is 35.2 Å². The van der Waals surface area contributed by atoms with E-state index in [0.29, 0.717) is 35.4 Å². The molecule has 8 heteroatoms. The number of hydrogen-bond donors (Lipinski definition) is 1. The first-order valence-corrected chi connectivity index (χ1v) is 12.8. The Morgan fingerprint density at radius 1 is 1.14 bits per heavy atom. The second-order valence-electron chi connectivity index (χ2n) is 9.79. The molecule has 2 atom stereocenters. The Kier molecular flexibility index (Phi) is 5.64. The molecule has 37 heavy (non-hydrogen) atoms. The number of Topliss-reactive ketones (excluding diaryl/α,β-unsaturated/α-hetero) is 1. The number of benzene rings is 2. The van der Waals surface area contributed by atoms with E-state index in [4.69, 9.17) is 9.15 Å². The fraction of sp³-hybridized carbons (Fsp3) is 0.345. The van der Waals surface area contributed by atoms with Crippen LogP contribution in [-0.2, 0) is 19.9 Å². The van der Waals surface area contributed by atoms with Crippen LogP contribution in [0.25, 0.3) is 11.0 Å². The number of anilines is 1. The van der Waals surface area contributed by atoms with E-state index >= 15 is 0 Å². The van der Waals surface area contributed by atoms with Gasteiger partial charge in [0.25, 0.3) is 11.8 Å². The summed E-state index contributed by atoms with van der Waals surface area (Å²) < 4.78 is 11.7. The molecule has 3 aromatic rings. The van der Waals surface area contributed by atoms with Crippen molar-refractivity contribution in [3.8, 4) is 0 Å². The van der Waals surface area contributed by atoms with Crippen molar-refractivity contribution in [1.82, 2.24) is 4.90 Å². The van der Waals surface area contributed by atoms with E-state index in [2.05, 4.69) is 0 Å². The van der Waals surface area contributed by atoms with Crippen molar-refractivity contribution in [1.29, 1.82) is 0 Å². The standard InChI is InChI=1S/C29H28N2O6/c1-2-3-14-30-21-12-6-5-11-20(21)29(28(30)35)24(25(32)23-16-18-9-4-7-13-22(18)37-23)26(33)27(34)31(29)17-19-10-8-15-36-19/h4-7,9,11-13,16,19,33H,2-3,8,10,14-15,17H2,1H3. The largest absolute Gasteiger partial charge is 0.503 e. The first kappa shape index (κ1) is 23.5. The topological polar surface area (TPSA) is 100 Å². The minimum absolute atomic E-state index is 0.0359. The summed E-state index contributed by atoms with van der Waals surface area (Å²) in [4.78, 5) is 45.2. The number of ketones is 1. The summed E-state index contributed by atoms with van der Waals surface area (Å²) in [5.41, 5.74) is -0.413. The Bertz CT molecular complexity index is 1420. The zero-order chi connectivity index (χ0) is 25.7. The van der Waals surface area contributed by atoms with Gasteiger partial charge in [-0.2, -0.15) is 0 Å². The fourth-order valence-corrected chi connectivity index (χ4v) is 5.87. The molecule has 0 aliphatic carbocycles. The van der Waals surface area contributed by atoms with E-state index in [0.717, 1.165) is 25.7 Å². The van der Waals surface area contributed by atoms with Gasteiger partial charge in [0, 0.05) is 30.6 Å².